The van der Waals surface area contributed by atoms with E-state index in [0.717, 1.165) is 13.0 Å². The Bertz CT molecular complexity index is 63.4. The van der Waals surface area contributed by atoms with Crippen LogP contribution in [-0.2, 0) is 4.74 Å². The highest BCUT2D eigenvalue weighted by Gasteiger charge is 1.77. The topological polar surface area (TPSA) is 41.8 Å². The van der Waals surface area contributed by atoms with E-state index in [1.807, 2.05) is 6.92 Å². The molecule has 0 spiro atoms. The van der Waals surface area contributed by atoms with Crippen molar-refractivity contribution >= 4 is 6.21 Å². The van der Waals surface area contributed by atoms with Crippen LogP contribution in [0.4, 0.5) is 0 Å². The maximum Gasteiger partial charge on any atom is 0.0851 e. The predicted octanol–water partition coefficient (Wildman–Crippen LogP) is 0.873. The number of rotatable bonds is 4. The Labute approximate surface area is 49.0 Å². The van der Waals surface area contributed by atoms with Gasteiger partial charge in [-0.1, -0.05) is 12.1 Å². The molecule has 0 aliphatic heterocycles. The number of ether oxygens (including phenoxy) is 1. The third-order valence-electron chi connectivity index (χ3n) is 0.622. The summed E-state index contributed by atoms with van der Waals surface area (Å²) in [6.07, 6.45) is 2.31. The molecule has 1 N–H and O–H groups in total. The van der Waals surface area contributed by atoms with E-state index in [2.05, 4.69) is 5.16 Å². The van der Waals surface area contributed by atoms with Crippen molar-refractivity contribution in [3.63, 3.8) is 0 Å². The molecule has 0 atom stereocenters. The highest BCUT2D eigenvalue weighted by molar-refractivity contribution is 5.57. The van der Waals surface area contributed by atoms with E-state index in [1.54, 1.807) is 0 Å². The van der Waals surface area contributed by atoms with Crippen molar-refractivity contribution in [1.29, 1.82) is 0 Å². The Morgan fingerprint density at radius 1 is 1.75 bits per heavy atom. The van der Waals surface area contributed by atoms with Crippen molar-refractivity contribution in [1.82, 2.24) is 0 Å². The van der Waals surface area contributed by atoms with Crippen LogP contribution in [0.3, 0.4) is 0 Å². The van der Waals surface area contributed by atoms with E-state index in [4.69, 9.17) is 9.94 Å². The number of oxime groups is 1. The molecule has 0 unspecified atom stereocenters. The summed E-state index contributed by atoms with van der Waals surface area (Å²) >= 11 is 0. The summed E-state index contributed by atoms with van der Waals surface area (Å²) in [5, 5.41) is 10.6. The maximum absolute atomic E-state index is 7.86. The molecule has 8 heavy (non-hydrogen) atoms. The lowest BCUT2D eigenvalue weighted by Gasteiger charge is -1.92. The van der Waals surface area contributed by atoms with E-state index in [1.165, 1.54) is 6.21 Å². The van der Waals surface area contributed by atoms with Gasteiger partial charge in [-0.2, -0.15) is 0 Å². The van der Waals surface area contributed by atoms with Gasteiger partial charge in [0, 0.05) is 6.61 Å². The van der Waals surface area contributed by atoms with Gasteiger partial charge in [-0.3, -0.25) is 0 Å². The van der Waals surface area contributed by atoms with Crippen LogP contribution < -0.4 is 0 Å². The third kappa shape index (κ3) is 5.43. The van der Waals surface area contributed by atoms with Gasteiger partial charge in [0.25, 0.3) is 0 Å². The van der Waals surface area contributed by atoms with Crippen LogP contribution in [0.1, 0.15) is 13.3 Å². The van der Waals surface area contributed by atoms with Gasteiger partial charge in [0.1, 0.15) is 0 Å². The molecular formula is C5H11NO2. The van der Waals surface area contributed by atoms with Gasteiger partial charge in [0.2, 0.25) is 0 Å². The second-order valence-electron chi connectivity index (χ2n) is 1.37. The largest absolute Gasteiger partial charge is 0.411 e. The van der Waals surface area contributed by atoms with E-state index < -0.39 is 0 Å². The van der Waals surface area contributed by atoms with Crippen molar-refractivity contribution in [2.24, 2.45) is 5.16 Å². The monoisotopic (exact) mass is 117 g/mol. The lowest BCUT2D eigenvalue weighted by atomic mass is 10.5. The number of hydrogen-bond donors (Lipinski definition) is 1. The minimum absolute atomic E-state index is 0.407. The lowest BCUT2D eigenvalue weighted by molar-refractivity contribution is 0.172. The summed E-state index contributed by atoms with van der Waals surface area (Å²) in [5.41, 5.74) is 0. The molecule has 0 fully saturated rings. The normalized spacial score (nSPS) is 10.6. The quantitative estimate of drug-likeness (QED) is 0.257. The molecule has 0 bridgehead atoms. The fourth-order valence-corrected chi connectivity index (χ4v) is 0.314. The smallest absolute Gasteiger partial charge is 0.0851 e. The lowest BCUT2D eigenvalue weighted by Crippen LogP contribution is -1.95. The Kier molecular flexibility index (Phi) is 5.97. The van der Waals surface area contributed by atoms with Gasteiger partial charge < -0.3 is 9.94 Å². The maximum atomic E-state index is 7.86. The molecule has 0 saturated heterocycles. The molecule has 3 heteroatoms. The molecule has 0 aliphatic carbocycles. The first-order valence-corrected chi connectivity index (χ1v) is 2.65. The van der Waals surface area contributed by atoms with Crippen LogP contribution >= 0.6 is 0 Å². The molecule has 0 aromatic heterocycles. The van der Waals surface area contributed by atoms with Gasteiger partial charge in [0.05, 0.1) is 12.8 Å². The van der Waals surface area contributed by atoms with Crippen molar-refractivity contribution in [2.75, 3.05) is 13.2 Å². The van der Waals surface area contributed by atoms with E-state index >= 15 is 0 Å². The molecule has 0 aromatic carbocycles. The minimum atomic E-state index is 0.407. The van der Waals surface area contributed by atoms with Gasteiger partial charge in [-0.15, -0.1) is 0 Å². The van der Waals surface area contributed by atoms with Crippen LogP contribution in [0.5, 0.6) is 0 Å². The van der Waals surface area contributed by atoms with Gasteiger partial charge >= 0.3 is 0 Å². The molecule has 48 valence electrons. The van der Waals surface area contributed by atoms with E-state index in [0.29, 0.717) is 6.61 Å². The average Bonchev–Trinajstić information content (AvgIpc) is 1.81. The summed E-state index contributed by atoms with van der Waals surface area (Å²) in [4.78, 5) is 0. The Morgan fingerprint density at radius 2 is 2.50 bits per heavy atom. The second-order valence-corrected chi connectivity index (χ2v) is 1.37. The predicted molar refractivity (Wildman–Crippen MR) is 31.4 cm³/mol. The van der Waals surface area contributed by atoms with Gasteiger partial charge in [-0.25, -0.2) is 0 Å². The fourth-order valence-electron chi connectivity index (χ4n) is 0.314. The zero-order valence-corrected chi connectivity index (χ0v) is 5.00. The van der Waals surface area contributed by atoms with Crippen molar-refractivity contribution in [2.45, 2.75) is 13.3 Å². The Morgan fingerprint density at radius 3 is 3.00 bits per heavy atom. The first-order valence-electron chi connectivity index (χ1n) is 2.65. The van der Waals surface area contributed by atoms with Gasteiger partial charge in [-0.05, 0) is 6.42 Å². The zero-order valence-electron chi connectivity index (χ0n) is 5.00. The van der Waals surface area contributed by atoms with Crippen LogP contribution in [-0.4, -0.2) is 24.6 Å². The minimum Gasteiger partial charge on any atom is -0.411 e. The van der Waals surface area contributed by atoms with E-state index in [9.17, 15) is 0 Å². The number of hydrogen-bond acceptors (Lipinski definition) is 3. The van der Waals surface area contributed by atoms with Crippen LogP contribution in [0.2, 0.25) is 0 Å². The molecule has 0 rings (SSSR count). The third-order valence-corrected chi connectivity index (χ3v) is 0.622. The van der Waals surface area contributed by atoms with Gasteiger partial charge in [0.15, 0.2) is 0 Å². The molecule has 0 saturated carbocycles. The second kappa shape index (κ2) is 6.43. The molecule has 0 aliphatic rings. The highest BCUT2D eigenvalue weighted by atomic mass is 16.5. The fraction of sp³-hybridized carbons (Fsp3) is 0.800. The van der Waals surface area contributed by atoms with Crippen molar-refractivity contribution in [3.8, 4) is 0 Å². The SMILES string of the molecule is CCCOC/C=N\O. The average molecular weight is 117 g/mol. The molecule has 0 heterocycles. The number of nitrogens with zero attached hydrogens (tertiary/aromatic N) is 1. The summed E-state index contributed by atoms with van der Waals surface area (Å²) in [6.45, 7) is 3.16. The summed E-state index contributed by atoms with van der Waals surface area (Å²) in [5.74, 6) is 0. The standard InChI is InChI=1S/C5H11NO2/c1-2-4-8-5-3-6-7/h3,7H,2,4-5H2,1H3/b6-3-. The van der Waals surface area contributed by atoms with Crippen molar-refractivity contribution < 1.29 is 9.94 Å². The molecule has 3 nitrogen and oxygen atoms in total. The van der Waals surface area contributed by atoms with E-state index in [-0.39, 0.29) is 0 Å². The highest BCUT2D eigenvalue weighted by Crippen LogP contribution is 1.76. The van der Waals surface area contributed by atoms with Crippen molar-refractivity contribution in [3.05, 3.63) is 0 Å². The first-order chi connectivity index (χ1) is 3.91. The molecule has 0 radical (unpaired) electrons. The Balaban J connectivity index is 2.72. The summed E-state index contributed by atoms with van der Waals surface area (Å²) < 4.78 is 4.91. The van der Waals surface area contributed by atoms with Crippen LogP contribution in [0.15, 0.2) is 5.16 Å². The summed E-state index contributed by atoms with van der Waals surface area (Å²) in [6, 6.07) is 0. The first kappa shape index (κ1) is 7.43. The van der Waals surface area contributed by atoms with Crippen LogP contribution in [0.25, 0.3) is 0 Å². The zero-order chi connectivity index (χ0) is 6.24. The molecule has 0 aromatic rings. The molecular weight excluding hydrogens is 106 g/mol. The van der Waals surface area contributed by atoms with Crippen LogP contribution in [0, 0.1) is 0 Å². The summed E-state index contributed by atoms with van der Waals surface area (Å²) in [7, 11) is 0. The molecule has 0 amide bonds. The Hall–Kier alpha value is -0.570.